The van der Waals surface area contributed by atoms with Gasteiger partial charge in [0.1, 0.15) is 6.10 Å². The van der Waals surface area contributed by atoms with E-state index in [1.807, 2.05) is 0 Å². The Morgan fingerprint density at radius 1 is 1.23 bits per heavy atom. The average molecular weight is 413 g/mol. The van der Waals surface area contributed by atoms with Gasteiger partial charge in [-0.05, 0) is 44.7 Å². The van der Waals surface area contributed by atoms with E-state index < -0.39 is 16.8 Å². The van der Waals surface area contributed by atoms with Crippen molar-refractivity contribution in [2.45, 2.75) is 45.3 Å². The second-order valence-electron chi connectivity index (χ2n) is 6.92. The number of nitrogens with one attached hydrogen (secondary N) is 1. The monoisotopic (exact) mass is 413 g/mol. The van der Waals surface area contributed by atoms with E-state index in [2.05, 4.69) is 10.3 Å². The molecule has 30 heavy (non-hydrogen) atoms. The molecule has 1 N–H and O–H groups in total. The van der Waals surface area contributed by atoms with Crippen LogP contribution in [0.4, 0.5) is 5.69 Å². The van der Waals surface area contributed by atoms with Crippen molar-refractivity contribution in [2.75, 3.05) is 6.61 Å². The molecule has 9 nitrogen and oxygen atoms in total. The quantitative estimate of drug-likeness (QED) is 0.400. The Morgan fingerprint density at radius 2 is 1.97 bits per heavy atom. The van der Waals surface area contributed by atoms with Gasteiger partial charge in [-0.1, -0.05) is 6.07 Å². The maximum absolute atomic E-state index is 12.6. The summed E-state index contributed by atoms with van der Waals surface area (Å²) >= 11 is 0. The number of nitro benzene ring substituents is 1. The molecule has 9 heteroatoms. The minimum Gasteiger partial charge on any atom is -0.474 e. The maximum Gasteiger partial charge on any atom is 0.338 e. The summed E-state index contributed by atoms with van der Waals surface area (Å²) in [6, 6.07) is 7.03. The first kappa shape index (κ1) is 21.2. The topological polar surface area (TPSA) is 121 Å². The summed E-state index contributed by atoms with van der Waals surface area (Å²) in [6.07, 6.45) is 5.96. The average Bonchev–Trinajstić information content (AvgIpc) is 3.25. The number of amides is 1. The van der Waals surface area contributed by atoms with Crippen LogP contribution < -0.4 is 10.1 Å². The molecule has 0 radical (unpaired) electrons. The largest absolute Gasteiger partial charge is 0.474 e. The molecular formula is C21H23N3O6. The highest BCUT2D eigenvalue weighted by Crippen LogP contribution is 2.25. The van der Waals surface area contributed by atoms with Crippen LogP contribution in [0.25, 0.3) is 0 Å². The van der Waals surface area contributed by atoms with Gasteiger partial charge >= 0.3 is 5.97 Å². The molecule has 1 fully saturated rings. The Balaban J connectivity index is 1.75. The van der Waals surface area contributed by atoms with Crippen LogP contribution in [0.5, 0.6) is 5.88 Å². The summed E-state index contributed by atoms with van der Waals surface area (Å²) < 4.78 is 10.8. The highest BCUT2D eigenvalue weighted by molar-refractivity contribution is 5.99. The Labute approximate surface area is 173 Å². The third-order valence-corrected chi connectivity index (χ3v) is 4.77. The molecule has 0 bridgehead atoms. The van der Waals surface area contributed by atoms with Crippen LogP contribution in [0.1, 0.15) is 58.9 Å². The molecule has 158 valence electrons. The smallest absolute Gasteiger partial charge is 0.338 e. The molecule has 0 atom stereocenters. The number of hydrogen-bond donors (Lipinski definition) is 1. The van der Waals surface area contributed by atoms with E-state index in [9.17, 15) is 19.7 Å². The van der Waals surface area contributed by atoms with Gasteiger partial charge in [0.05, 0.1) is 17.1 Å². The second kappa shape index (κ2) is 9.82. The molecule has 0 saturated heterocycles. The van der Waals surface area contributed by atoms with Gasteiger partial charge in [0.2, 0.25) is 5.88 Å². The molecule has 0 unspecified atom stereocenters. The van der Waals surface area contributed by atoms with Gasteiger partial charge < -0.3 is 14.8 Å². The number of carbonyl (C=O) groups is 2. The Hall–Kier alpha value is -3.49. The normalized spacial score (nSPS) is 13.6. The van der Waals surface area contributed by atoms with Crippen molar-refractivity contribution in [1.82, 2.24) is 10.3 Å². The molecule has 1 aliphatic rings. The van der Waals surface area contributed by atoms with Crippen LogP contribution in [0.2, 0.25) is 0 Å². The molecule has 1 heterocycles. The summed E-state index contributed by atoms with van der Waals surface area (Å²) in [7, 11) is 0. The number of nitro groups is 1. The van der Waals surface area contributed by atoms with Crippen molar-refractivity contribution in [3.8, 4) is 5.88 Å². The predicted octanol–water partition coefficient (Wildman–Crippen LogP) is 3.42. The van der Waals surface area contributed by atoms with Crippen LogP contribution in [0.3, 0.4) is 0 Å². The molecule has 0 aliphatic heterocycles. The summed E-state index contributed by atoms with van der Waals surface area (Å²) in [5.41, 5.74) is 0.281. The van der Waals surface area contributed by atoms with E-state index in [0.717, 1.165) is 37.8 Å². The van der Waals surface area contributed by atoms with Gasteiger partial charge in [-0.2, -0.15) is 0 Å². The molecule has 1 aliphatic carbocycles. The number of carbonyl (C=O) groups excluding carboxylic acids is 2. The number of ether oxygens (including phenoxy) is 2. The maximum atomic E-state index is 12.6. The van der Waals surface area contributed by atoms with Crippen molar-refractivity contribution < 1.29 is 24.0 Å². The fourth-order valence-corrected chi connectivity index (χ4v) is 3.29. The van der Waals surface area contributed by atoms with E-state index in [1.165, 1.54) is 6.07 Å². The number of pyridine rings is 1. The predicted molar refractivity (Wildman–Crippen MR) is 107 cm³/mol. The van der Waals surface area contributed by atoms with Crippen LogP contribution in [0, 0.1) is 10.1 Å². The highest BCUT2D eigenvalue weighted by Gasteiger charge is 2.21. The number of non-ortho nitro benzene ring substituents is 1. The summed E-state index contributed by atoms with van der Waals surface area (Å²) in [4.78, 5) is 39.4. The molecule has 1 saturated carbocycles. The summed E-state index contributed by atoms with van der Waals surface area (Å²) in [5, 5.41) is 13.9. The first-order chi connectivity index (χ1) is 14.5. The van der Waals surface area contributed by atoms with E-state index in [0.29, 0.717) is 11.4 Å². The van der Waals surface area contributed by atoms with E-state index >= 15 is 0 Å². The van der Waals surface area contributed by atoms with Crippen LogP contribution in [-0.4, -0.2) is 34.5 Å². The molecule has 2 aromatic rings. The fourth-order valence-electron chi connectivity index (χ4n) is 3.29. The molecule has 1 aromatic carbocycles. The lowest BCUT2D eigenvalue weighted by molar-refractivity contribution is -0.384. The Bertz CT molecular complexity index is 940. The number of aromatic nitrogens is 1. The zero-order valence-electron chi connectivity index (χ0n) is 16.6. The van der Waals surface area contributed by atoms with Gasteiger partial charge in [0, 0.05) is 36.0 Å². The van der Waals surface area contributed by atoms with Gasteiger partial charge in [0.25, 0.3) is 11.6 Å². The van der Waals surface area contributed by atoms with Gasteiger partial charge in [-0.3, -0.25) is 14.9 Å². The molecular weight excluding hydrogens is 390 g/mol. The first-order valence-corrected chi connectivity index (χ1v) is 9.83. The number of esters is 1. The van der Waals surface area contributed by atoms with Gasteiger partial charge in [-0.25, -0.2) is 9.78 Å². The molecule has 1 aromatic heterocycles. The van der Waals surface area contributed by atoms with Crippen LogP contribution >= 0.6 is 0 Å². The lowest BCUT2D eigenvalue weighted by atomic mass is 10.1. The zero-order valence-corrected chi connectivity index (χ0v) is 16.6. The summed E-state index contributed by atoms with van der Waals surface area (Å²) in [6.45, 7) is 1.88. The minimum atomic E-state index is -0.727. The van der Waals surface area contributed by atoms with E-state index in [4.69, 9.17) is 9.47 Å². The standard InChI is InChI=1S/C21H23N3O6/c1-2-29-21(26)16-10-15(11-17(12-16)24(27)28)19(25)23-13-14-6-5-9-22-20(14)30-18-7-3-4-8-18/h5-6,9-12,18H,2-4,7-8,13H2,1H3,(H,23,25). The number of hydrogen-bond acceptors (Lipinski definition) is 7. The SMILES string of the molecule is CCOC(=O)c1cc(C(=O)NCc2cccnc2OC2CCCC2)cc([N+](=O)[O-])c1. The van der Waals surface area contributed by atoms with Gasteiger partial charge in [0.15, 0.2) is 0 Å². The Morgan fingerprint density at radius 3 is 2.67 bits per heavy atom. The van der Waals surface area contributed by atoms with Crippen molar-refractivity contribution in [3.63, 3.8) is 0 Å². The Kier molecular flexibility index (Phi) is 6.95. The van der Waals surface area contributed by atoms with Crippen molar-refractivity contribution in [2.24, 2.45) is 0 Å². The molecule has 1 amide bonds. The number of rotatable bonds is 8. The number of nitrogens with zero attached hydrogens (tertiary/aromatic N) is 2. The van der Waals surface area contributed by atoms with E-state index in [-0.39, 0.29) is 36.1 Å². The van der Waals surface area contributed by atoms with Crippen molar-refractivity contribution in [1.29, 1.82) is 0 Å². The van der Waals surface area contributed by atoms with Crippen molar-refractivity contribution in [3.05, 3.63) is 63.3 Å². The second-order valence-corrected chi connectivity index (χ2v) is 6.92. The van der Waals surface area contributed by atoms with Crippen molar-refractivity contribution >= 4 is 17.6 Å². The molecule has 0 spiro atoms. The third kappa shape index (κ3) is 5.31. The molecule has 3 rings (SSSR count). The zero-order chi connectivity index (χ0) is 21.5. The minimum absolute atomic E-state index is 0.00518. The fraction of sp³-hybridized carbons (Fsp3) is 0.381. The first-order valence-electron chi connectivity index (χ1n) is 9.83. The number of benzene rings is 1. The highest BCUT2D eigenvalue weighted by atomic mass is 16.6. The third-order valence-electron chi connectivity index (χ3n) is 4.77. The lowest BCUT2D eigenvalue weighted by Crippen LogP contribution is -2.24. The van der Waals surface area contributed by atoms with Crippen LogP contribution in [-0.2, 0) is 11.3 Å². The summed E-state index contributed by atoms with van der Waals surface area (Å²) in [5.74, 6) is -0.814. The van der Waals surface area contributed by atoms with Gasteiger partial charge in [-0.15, -0.1) is 0 Å². The lowest BCUT2D eigenvalue weighted by Gasteiger charge is -2.15. The van der Waals surface area contributed by atoms with E-state index in [1.54, 1.807) is 25.3 Å². The van der Waals surface area contributed by atoms with Crippen LogP contribution in [0.15, 0.2) is 36.5 Å².